The van der Waals surface area contributed by atoms with Gasteiger partial charge >= 0.3 is 15.2 Å². The first kappa shape index (κ1) is 24.9. The van der Waals surface area contributed by atoms with Gasteiger partial charge in [-0.15, -0.1) is 0 Å². The van der Waals surface area contributed by atoms with Crippen LogP contribution in [-0.4, -0.2) is 29.5 Å². The molecule has 2 aromatic rings. The Kier molecular flexibility index (Phi) is 7.45. The summed E-state index contributed by atoms with van der Waals surface area (Å²) in [5, 5.41) is -2.66. The Balaban J connectivity index is 2.66. The van der Waals surface area contributed by atoms with Crippen molar-refractivity contribution in [3.8, 4) is 11.4 Å². The number of rotatable bonds is 9. The molecule has 2 rings (SSSR count). The Morgan fingerprint density at radius 2 is 1.00 bits per heavy atom. The second-order valence-corrected chi connectivity index (χ2v) is 11.3. The molecule has 4 N–H and O–H groups in total. The summed E-state index contributed by atoms with van der Waals surface area (Å²) >= 11 is 0. The molecule has 166 valence electrons. The van der Waals surface area contributed by atoms with Crippen LogP contribution in [0.15, 0.2) is 36.7 Å². The van der Waals surface area contributed by atoms with Crippen LogP contribution in [0.4, 0.5) is 0 Å². The molecule has 30 heavy (non-hydrogen) atoms. The van der Waals surface area contributed by atoms with Gasteiger partial charge < -0.3 is 19.6 Å². The number of nitrogens with zero attached hydrogens (tertiary/aromatic N) is 2. The van der Waals surface area contributed by atoms with Crippen LogP contribution in [0.3, 0.4) is 0 Å². The molecule has 0 fully saturated rings. The predicted molar refractivity (Wildman–Crippen MR) is 116 cm³/mol. The zero-order valence-electron chi connectivity index (χ0n) is 17.7. The SMILES string of the molecule is CCC(CC)(c1ccnc(-c2cc(C(CC)(CC)P(=O)(O)O)ccn2)c1)P(=O)(O)O. The zero-order chi connectivity index (χ0) is 22.8. The molecule has 0 bridgehead atoms. The van der Waals surface area contributed by atoms with E-state index in [2.05, 4.69) is 9.97 Å². The lowest BCUT2D eigenvalue weighted by Crippen LogP contribution is -2.25. The van der Waals surface area contributed by atoms with Crippen molar-refractivity contribution >= 4 is 15.2 Å². The van der Waals surface area contributed by atoms with E-state index in [0.29, 0.717) is 22.5 Å². The molecule has 10 heteroatoms. The molecule has 0 aromatic carbocycles. The third kappa shape index (κ3) is 4.18. The van der Waals surface area contributed by atoms with Crippen LogP contribution in [0.2, 0.25) is 0 Å². The van der Waals surface area contributed by atoms with Gasteiger partial charge in [-0.2, -0.15) is 0 Å². The molecule has 0 atom stereocenters. The van der Waals surface area contributed by atoms with Crippen LogP contribution < -0.4 is 0 Å². The molecule has 0 amide bonds. The normalized spacial score (nSPS) is 13.5. The second-order valence-electron chi connectivity index (χ2n) is 7.42. The second kappa shape index (κ2) is 8.99. The minimum absolute atomic E-state index is 0.248. The summed E-state index contributed by atoms with van der Waals surface area (Å²) in [6.07, 6.45) is 3.94. The fraction of sp³-hybridized carbons (Fsp3) is 0.500. The fourth-order valence-corrected chi connectivity index (χ4v) is 6.80. The minimum Gasteiger partial charge on any atom is -0.324 e. The van der Waals surface area contributed by atoms with Crippen molar-refractivity contribution in [3.05, 3.63) is 47.8 Å². The maximum absolute atomic E-state index is 12.3. The topological polar surface area (TPSA) is 141 Å². The van der Waals surface area contributed by atoms with E-state index in [9.17, 15) is 28.7 Å². The van der Waals surface area contributed by atoms with E-state index in [4.69, 9.17) is 0 Å². The van der Waals surface area contributed by atoms with Gasteiger partial charge in [0.2, 0.25) is 0 Å². The Bertz CT molecular complexity index is 897. The Labute approximate surface area is 177 Å². The van der Waals surface area contributed by atoms with E-state index in [-0.39, 0.29) is 25.7 Å². The van der Waals surface area contributed by atoms with Gasteiger partial charge in [-0.25, -0.2) is 0 Å². The lowest BCUT2D eigenvalue weighted by Gasteiger charge is -2.33. The highest BCUT2D eigenvalue weighted by Crippen LogP contribution is 2.62. The van der Waals surface area contributed by atoms with E-state index in [1.807, 2.05) is 0 Å². The molecular weight excluding hydrogens is 426 g/mol. The quantitative estimate of drug-likeness (QED) is 0.404. The highest BCUT2D eigenvalue weighted by atomic mass is 31.2. The fourth-order valence-electron chi connectivity index (χ4n) is 4.20. The Hall–Kier alpha value is -1.40. The molecule has 0 saturated heterocycles. The summed E-state index contributed by atoms with van der Waals surface area (Å²) in [6.45, 7) is 6.94. The molecule has 0 aliphatic rings. The van der Waals surface area contributed by atoms with Crippen molar-refractivity contribution < 1.29 is 28.7 Å². The van der Waals surface area contributed by atoms with Crippen molar-refractivity contribution in [3.63, 3.8) is 0 Å². The van der Waals surface area contributed by atoms with Gasteiger partial charge in [0.15, 0.2) is 0 Å². The van der Waals surface area contributed by atoms with Gasteiger partial charge in [-0.05, 0) is 61.1 Å². The maximum Gasteiger partial charge on any atom is 0.335 e. The number of hydrogen-bond acceptors (Lipinski definition) is 4. The smallest absolute Gasteiger partial charge is 0.324 e. The third-order valence-electron chi connectivity index (χ3n) is 6.31. The maximum atomic E-state index is 12.3. The van der Waals surface area contributed by atoms with E-state index in [0.717, 1.165) is 0 Å². The first-order chi connectivity index (χ1) is 13.9. The van der Waals surface area contributed by atoms with Crippen molar-refractivity contribution in [2.24, 2.45) is 0 Å². The highest BCUT2D eigenvalue weighted by Gasteiger charge is 2.46. The van der Waals surface area contributed by atoms with Gasteiger partial charge in [-0.1, -0.05) is 27.7 Å². The van der Waals surface area contributed by atoms with Crippen LogP contribution in [0.25, 0.3) is 11.4 Å². The molecule has 0 aliphatic heterocycles. The average Bonchev–Trinajstić information content (AvgIpc) is 2.69. The lowest BCUT2D eigenvalue weighted by atomic mass is 9.91. The number of pyridine rings is 2. The molecule has 0 aliphatic carbocycles. The molecule has 0 radical (unpaired) electrons. The summed E-state index contributed by atoms with van der Waals surface area (Å²) in [4.78, 5) is 48.7. The van der Waals surface area contributed by atoms with Gasteiger partial charge in [0.05, 0.1) is 21.7 Å². The lowest BCUT2D eigenvalue weighted by molar-refractivity contribution is 0.313. The van der Waals surface area contributed by atoms with Crippen LogP contribution in [0.1, 0.15) is 64.5 Å². The number of hydrogen-bond donors (Lipinski definition) is 4. The van der Waals surface area contributed by atoms with Crippen molar-refractivity contribution in [2.75, 3.05) is 0 Å². The largest absolute Gasteiger partial charge is 0.335 e. The molecule has 0 saturated carbocycles. The standard InChI is InChI=1S/C20H30N2O6P2/c1-5-19(6-2,29(23,24)25)15-9-11-21-17(13-15)18-14-16(10-12-22-18)20(7-3,8-4)30(26,27)28/h9-14H,5-8H2,1-4H3,(H2,23,24,25)(H2,26,27,28). The first-order valence-corrected chi connectivity index (χ1v) is 13.2. The predicted octanol–water partition coefficient (Wildman–Crippen LogP) is 4.53. The van der Waals surface area contributed by atoms with E-state index in [1.165, 1.54) is 12.4 Å². The third-order valence-corrected chi connectivity index (χ3v) is 10.3. The van der Waals surface area contributed by atoms with Crippen LogP contribution in [0, 0.1) is 0 Å². The molecule has 0 unspecified atom stereocenters. The van der Waals surface area contributed by atoms with Crippen molar-refractivity contribution in [2.45, 2.75) is 63.7 Å². The Morgan fingerprint density at radius 1 is 0.700 bits per heavy atom. The molecular formula is C20H30N2O6P2. The summed E-state index contributed by atoms with van der Waals surface area (Å²) < 4.78 is 24.6. The molecule has 2 aromatic heterocycles. The van der Waals surface area contributed by atoms with E-state index in [1.54, 1.807) is 52.0 Å². The van der Waals surface area contributed by atoms with E-state index >= 15 is 0 Å². The molecule has 2 heterocycles. The average molecular weight is 456 g/mol. The van der Waals surface area contributed by atoms with Crippen LogP contribution >= 0.6 is 15.2 Å². The van der Waals surface area contributed by atoms with E-state index < -0.39 is 25.5 Å². The van der Waals surface area contributed by atoms with Crippen LogP contribution in [0.5, 0.6) is 0 Å². The zero-order valence-corrected chi connectivity index (χ0v) is 19.5. The summed E-state index contributed by atoms with van der Waals surface area (Å²) in [7, 11) is -8.92. The first-order valence-electron chi connectivity index (χ1n) is 9.97. The Morgan fingerprint density at radius 3 is 1.23 bits per heavy atom. The summed E-state index contributed by atoms with van der Waals surface area (Å²) in [5.41, 5.74) is 1.71. The van der Waals surface area contributed by atoms with Crippen molar-refractivity contribution in [1.82, 2.24) is 9.97 Å². The van der Waals surface area contributed by atoms with Gasteiger partial charge in [0.25, 0.3) is 0 Å². The molecule has 0 spiro atoms. The van der Waals surface area contributed by atoms with Gasteiger partial charge in [-0.3, -0.25) is 19.1 Å². The van der Waals surface area contributed by atoms with Gasteiger partial charge in [0.1, 0.15) is 0 Å². The van der Waals surface area contributed by atoms with Crippen molar-refractivity contribution in [1.29, 1.82) is 0 Å². The van der Waals surface area contributed by atoms with Crippen LogP contribution in [-0.2, 0) is 19.4 Å². The summed E-state index contributed by atoms with van der Waals surface area (Å²) in [5.74, 6) is 0. The monoisotopic (exact) mass is 456 g/mol. The van der Waals surface area contributed by atoms with Gasteiger partial charge in [0, 0.05) is 12.4 Å². The molecule has 8 nitrogen and oxygen atoms in total. The minimum atomic E-state index is -4.46. The summed E-state index contributed by atoms with van der Waals surface area (Å²) in [6, 6.07) is 6.40. The highest BCUT2D eigenvalue weighted by molar-refractivity contribution is 7.53. The number of aromatic nitrogens is 2.